The number of H-pyrrole nitrogens is 1. The quantitative estimate of drug-likeness (QED) is 0.686. The fourth-order valence-corrected chi connectivity index (χ4v) is 2.68. The zero-order valence-corrected chi connectivity index (χ0v) is 12.7. The Bertz CT molecular complexity index is 735. The van der Waals surface area contributed by atoms with Crippen LogP contribution < -0.4 is 0 Å². The van der Waals surface area contributed by atoms with E-state index < -0.39 is 17.6 Å². The van der Waals surface area contributed by atoms with Crippen molar-refractivity contribution in [3.8, 4) is 11.3 Å². The highest BCUT2D eigenvalue weighted by atomic mass is 19.1. The van der Waals surface area contributed by atoms with Crippen LogP contribution >= 0.6 is 0 Å². The number of ether oxygens (including phenoxy) is 1. The molecule has 0 bridgehead atoms. The lowest BCUT2D eigenvalue weighted by molar-refractivity contribution is -0.120. The second-order valence-electron chi connectivity index (χ2n) is 5.50. The first-order chi connectivity index (χ1) is 11.6. The standard InChI is InChI=1S/C16H15F2N3O3/c17-12-2-1-3-13(18)14(12)15-11(8-19-20-15)16(23)24-10-4-6-21(9-22)7-5-10/h1-3,8-10H,4-7H2,(H,19,20). The van der Waals surface area contributed by atoms with Crippen molar-refractivity contribution in [2.24, 2.45) is 0 Å². The number of rotatable bonds is 4. The van der Waals surface area contributed by atoms with E-state index in [0.717, 1.165) is 18.5 Å². The molecule has 1 amide bonds. The molecular weight excluding hydrogens is 320 g/mol. The molecule has 2 aromatic rings. The SMILES string of the molecule is O=CN1CCC(OC(=O)c2cn[nH]c2-c2c(F)cccc2F)CC1. The van der Waals surface area contributed by atoms with Crippen molar-refractivity contribution >= 4 is 12.4 Å². The number of esters is 1. The second kappa shape index (κ2) is 6.77. The third-order valence-electron chi connectivity index (χ3n) is 3.97. The number of aromatic amines is 1. The summed E-state index contributed by atoms with van der Waals surface area (Å²) in [6, 6.07) is 3.44. The largest absolute Gasteiger partial charge is 0.459 e. The van der Waals surface area contributed by atoms with Gasteiger partial charge in [0.15, 0.2) is 0 Å². The summed E-state index contributed by atoms with van der Waals surface area (Å²) in [5, 5.41) is 6.16. The number of carbonyl (C=O) groups is 2. The lowest BCUT2D eigenvalue weighted by Crippen LogP contribution is -2.36. The summed E-state index contributed by atoms with van der Waals surface area (Å²) in [7, 11) is 0. The lowest BCUT2D eigenvalue weighted by atomic mass is 10.1. The fraction of sp³-hybridized carbons (Fsp3) is 0.312. The summed E-state index contributed by atoms with van der Waals surface area (Å²) in [6.45, 7) is 1.00. The summed E-state index contributed by atoms with van der Waals surface area (Å²) >= 11 is 0. The van der Waals surface area contributed by atoms with Crippen LogP contribution in [0, 0.1) is 11.6 Å². The first kappa shape index (κ1) is 16.1. The van der Waals surface area contributed by atoms with E-state index in [1.165, 1.54) is 12.3 Å². The van der Waals surface area contributed by atoms with Crippen LogP contribution in [-0.4, -0.2) is 46.7 Å². The maximum absolute atomic E-state index is 13.9. The van der Waals surface area contributed by atoms with Gasteiger partial charge in [0.2, 0.25) is 6.41 Å². The average molecular weight is 335 g/mol. The van der Waals surface area contributed by atoms with Gasteiger partial charge in [-0.25, -0.2) is 13.6 Å². The molecule has 0 spiro atoms. The molecule has 126 valence electrons. The van der Waals surface area contributed by atoms with Gasteiger partial charge in [-0.2, -0.15) is 5.10 Å². The molecule has 1 aliphatic heterocycles. The Hall–Kier alpha value is -2.77. The molecule has 1 aromatic heterocycles. The number of hydrogen-bond acceptors (Lipinski definition) is 4. The van der Waals surface area contributed by atoms with Crippen molar-refractivity contribution in [3.05, 3.63) is 41.6 Å². The summed E-state index contributed by atoms with van der Waals surface area (Å²) < 4.78 is 33.2. The number of benzene rings is 1. The van der Waals surface area contributed by atoms with Crippen LogP contribution in [0.4, 0.5) is 8.78 Å². The predicted molar refractivity (Wildman–Crippen MR) is 80.0 cm³/mol. The number of piperidine rings is 1. The molecule has 24 heavy (non-hydrogen) atoms. The maximum Gasteiger partial charge on any atom is 0.342 e. The number of hydrogen-bond donors (Lipinski definition) is 1. The van der Waals surface area contributed by atoms with Crippen LogP contribution in [0.25, 0.3) is 11.3 Å². The fourth-order valence-electron chi connectivity index (χ4n) is 2.68. The Labute approximate surface area is 136 Å². The van der Waals surface area contributed by atoms with Crippen LogP contribution in [0.15, 0.2) is 24.4 Å². The molecule has 0 radical (unpaired) electrons. The van der Waals surface area contributed by atoms with E-state index in [-0.39, 0.29) is 22.9 Å². The number of aromatic nitrogens is 2. The van der Waals surface area contributed by atoms with Crippen LogP contribution in [0.2, 0.25) is 0 Å². The van der Waals surface area contributed by atoms with Gasteiger partial charge in [0.05, 0.1) is 17.5 Å². The molecule has 1 N–H and O–H groups in total. The van der Waals surface area contributed by atoms with Crippen molar-refractivity contribution in [1.82, 2.24) is 15.1 Å². The minimum Gasteiger partial charge on any atom is -0.459 e. The average Bonchev–Trinajstić information content (AvgIpc) is 3.05. The highest BCUT2D eigenvalue weighted by molar-refractivity contribution is 5.96. The van der Waals surface area contributed by atoms with Crippen molar-refractivity contribution < 1.29 is 23.1 Å². The van der Waals surface area contributed by atoms with Gasteiger partial charge in [-0.3, -0.25) is 9.89 Å². The maximum atomic E-state index is 13.9. The minimum absolute atomic E-state index is 0.0307. The van der Waals surface area contributed by atoms with Crippen LogP contribution in [-0.2, 0) is 9.53 Å². The number of halogens is 2. The molecule has 0 unspecified atom stereocenters. The van der Waals surface area contributed by atoms with E-state index in [4.69, 9.17) is 4.74 Å². The van der Waals surface area contributed by atoms with Gasteiger partial charge in [-0.1, -0.05) is 6.07 Å². The van der Waals surface area contributed by atoms with E-state index in [2.05, 4.69) is 10.2 Å². The minimum atomic E-state index is -0.799. The number of likely N-dealkylation sites (tertiary alicyclic amines) is 1. The Morgan fingerprint density at radius 3 is 2.58 bits per heavy atom. The topological polar surface area (TPSA) is 75.3 Å². The molecule has 8 heteroatoms. The van der Waals surface area contributed by atoms with E-state index in [9.17, 15) is 18.4 Å². The molecule has 2 heterocycles. The molecule has 1 fully saturated rings. The van der Waals surface area contributed by atoms with Crippen molar-refractivity contribution in [3.63, 3.8) is 0 Å². The summed E-state index contributed by atoms with van der Waals surface area (Å²) in [5.74, 6) is -2.30. The zero-order chi connectivity index (χ0) is 17.1. The van der Waals surface area contributed by atoms with E-state index in [0.29, 0.717) is 25.9 Å². The third-order valence-corrected chi connectivity index (χ3v) is 3.97. The predicted octanol–water partition coefficient (Wildman–Crippen LogP) is 2.13. The van der Waals surface area contributed by atoms with Crippen LogP contribution in [0.1, 0.15) is 23.2 Å². The Kier molecular flexibility index (Phi) is 4.54. The third kappa shape index (κ3) is 3.12. The molecule has 0 aliphatic carbocycles. The van der Waals surface area contributed by atoms with E-state index in [1.807, 2.05) is 0 Å². The van der Waals surface area contributed by atoms with Crippen LogP contribution in [0.3, 0.4) is 0 Å². The summed E-state index contributed by atoms with van der Waals surface area (Å²) in [4.78, 5) is 24.6. The first-order valence-electron chi connectivity index (χ1n) is 7.48. The Morgan fingerprint density at radius 1 is 1.29 bits per heavy atom. The highest BCUT2D eigenvalue weighted by Gasteiger charge is 2.26. The Balaban J connectivity index is 1.78. The van der Waals surface area contributed by atoms with Gasteiger partial charge < -0.3 is 9.64 Å². The molecule has 0 saturated carbocycles. The van der Waals surface area contributed by atoms with Gasteiger partial charge in [0.1, 0.15) is 23.3 Å². The second-order valence-corrected chi connectivity index (χ2v) is 5.50. The number of amides is 1. The highest BCUT2D eigenvalue weighted by Crippen LogP contribution is 2.28. The molecular formula is C16H15F2N3O3. The van der Waals surface area contributed by atoms with Crippen molar-refractivity contribution in [1.29, 1.82) is 0 Å². The zero-order valence-electron chi connectivity index (χ0n) is 12.7. The van der Waals surface area contributed by atoms with Gasteiger partial charge in [-0.05, 0) is 12.1 Å². The smallest absolute Gasteiger partial charge is 0.342 e. The number of nitrogens with one attached hydrogen (secondary N) is 1. The summed E-state index contributed by atoms with van der Waals surface area (Å²) in [6.07, 6.45) is 2.64. The van der Waals surface area contributed by atoms with Crippen LogP contribution in [0.5, 0.6) is 0 Å². The molecule has 3 rings (SSSR count). The molecule has 6 nitrogen and oxygen atoms in total. The number of nitrogens with zero attached hydrogens (tertiary/aromatic N) is 2. The monoisotopic (exact) mass is 335 g/mol. The number of carbonyl (C=O) groups excluding carboxylic acids is 2. The van der Waals surface area contributed by atoms with Gasteiger partial charge in [0, 0.05) is 25.9 Å². The van der Waals surface area contributed by atoms with E-state index >= 15 is 0 Å². The van der Waals surface area contributed by atoms with Gasteiger partial charge >= 0.3 is 5.97 Å². The van der Waals surface area contributed by atoms with Gasteiger partial charge in [0.25, 0.3) is 0 Å². The molecule has 1 saturated heterocycles. The van der Waals surface area contributed by atoms with Gasteiger partial charge in [-0.15, -0.1) is 0 Å². The van der Waals surface area contributed by atoms with Crippen molar-refractivity contribution in [2.75, 3.05) is 13.1 Å². The molecule has 1 aromatic carbocycles. The summed E-state index contributed by atoms with van der Waals surface area (Å²) in [5.41, 5.74) is -0.435. The Morgan fingerprint density at radius 2 is 1.96 bits per heavy atom. The van der Waals surface area contributed by atoms with E-state index in [1.54, 1.807) is 4.90 Å². The molecule has 1 aliphatic rings. The lowest BCUT2D eigenvalue weighted by Gasteiger charge is -2.28. The normalized spacial score (nSPS) is 15.3. The first-order valence-corrected chi connectivity index (χ1v) is 7.48. The van der Waals surface area contributed by atoms with Crippen molar-refractivity contribution in [2.45, 2.75) is 18.9 Å². The molecule has 0 atom stereocenters.